The lowest BCUT2D eigenvalue weighted by Gasteiger charge is -2.10. The van der Waals surface area contributed by atoms with E-state index < -0.39 is 0 Å². The van der Waals surface area contributed by atoms with Crippen LogP contribution in [0, 0.1) is 6.92 Å². The Hall–Kier alpha value is -1.81. The summed E-state index contributed by atoms with van der Waals surface area (Å²) >= 11 is 4.69. The molecule has 4 heterocycles. The summed E-state index contributed by atoms with van der Waals surface area (Å²) in [5, 5.41) is 15.3. The van der Waals surface area contributed by atoms with E-state index in [-0.39, 0.29) is 12.0 Å². The Labute approximate surface area is 175 Å². The first-order valence-electron chi connectivity index (χ1n) is 9.05. The molecular weight excluding hydrogens is 412 g/mol. The molecule has 1 aliphatic rings. The Balaban J connectivity index is 1.33. The van der Waals surface area contributed by atoms with Gasteiger partial charge in [-0.05, 0) is 43.3 Å². The number of carbonyl (C=O) groups is 1. The number of rotatable bonds is 7. The topological polar surface area (TPSA) is 77.0 Å². The Kier molecular flexibility index (Phi) is 6.36. The van der Waals surface area contributed by atoms with Gasteiger partial charge in [-0.1, -0.05) is 17.8 Å². The van der Waals surface area contributed by atoms with Crippen molar-refractivity contribution >= 4 is 40.3 Å². The number of hydrogen-bond donors (Lipinski definition) is 1. The maximum absolute atomic E-state index is 12.0. The van der Waals surface area contributed by atoms with Crippen molar-refractivity contribution in [2.24, 2.45) is 0 Å². The normalized spacial score (nSPS) is 16.4. The number of hydrogen-bond acceptors (Lipinski definition) is 8. The van der Waals surface area contributed by atoms with Gasteiger partial charge in [-0.15, -0.1) is 32.9 Å². The Morgan fingerprint density at radius 3 is 3.00 bits per heavy atom. The number of nitrogens with zero attached hydrogens (tertiary/aromatic N) is 3. The van der Waals surface area contributed by atoms with E-state index in [9.17, 15) is 4.79 Å². The standard InChI is InChI=1S/C19H20N4O2S3/c1-12-18(28-19(21-12)15-5-3-9-26-15)14-6-7-17(23-22-14)27-11-16(24)20-10-13-4-2-8-25-13/h3,5-7,9,13H,2,4,8,10-11H2,1H3,(H,20,24)/t13-/m1/s1. The average Bonchev–Trinajstić information content (AvgIpc) is 3.46. The van der Waals surface area contributed by atoms with Crippen molar-refractivity contribution in [3.63, 3.8) is 0 Å². The SMILES string of the molecule is Cc1nc(-c2cccs2)sc1-c1ccc(SCC(=O)NC[C@H]2CCCO2)nn1. The van der Waals surface area contributed by atoms with E-state index in [0.717, 1.165) is 50.6 Å². The minimum atomic E-state index is -0.00901. The molecule has 1 N–H and O–H groups in total. The molecule has 28 heavy (non-hydrogen) atoms. The third kappa shape index (κ3) is 4.78. The average molecular weight is 433 g/mol. The van der Waals surface area contributed by atoms with E-state index in [1.54, 1.807) is 22.7 Å². The Morgan fingerprint density at radius 2 is 2.29 bits per heavy atom. The highest BCUT2D eigenvalue weighted by Gasteiger charge is 2.17. The second-order valence-corrected chi connectivity index (χ2v) is 9.34. The molecule has 1 fully saturated rings. The van der Waals surface area contributed by atoms with Gasteiger partial charge in [0.05, 0.1) is 27.3 Å². The Morgan fingerprint density at radius 1 is 1.36 bits per heavy atom. The molecule has 0 bridgehead atoms. The lowest BCUT2D eigenvalue weighted by molar-refractivity contribution is -0.119. The zero-order valence-corrected chi connectivity index (χ0v) is 17.8. The molecule has 3 aromatic rings. The van der Waals surface area contributed by atoms with E-state index in [1.807, 2.05) is 25.1 Å². The van der Waals surface area contributed by atoms with Crippen LogP contribution in [-0.2, 0) is 9.53 Å². The summed E-state index contributed by atoms with van der Waals surface area (Å²) in [6.45, 7) is 3.37. The zero-order chi connectivity index (χ0) is 19.3. The van der Waals surface area contributed by atoms with Crippen LogP contribution in [0.15, 0.2) is 34.7 Å². The van der Waals surface area contributed by atoms with Gasteiger partial charge in [0.25, 0.3) is 0 Å². The Bertz CT molecular complexity index is 919. The van der Waals surface area contributed by atoms with Gasteiger partial charge in [0.1, 0.15) is 15.7 Å². The smallest absolute Gasteiger partial charge is 0.230 e. The number of aryl methyl sites for hydroxylation is 1. The summed E-state index contributed by atoms with van der Waals surface area (Å²) in [6, 6.07) is 7.95. The van der Waals surface area contributed by atoms with Crippen molar-refractivity contribution in [3.05, 3.63) is 35.3 Å². The minimum Gasteiger partial charge on any atom is -0.376 e. The number of nitrogens with one attached hydrogen (secondary N) is 1. The number of thiazole rings is 1. The van der Waals surface area contributed by atoms with Crippen molar-refractivity contribution in [1.82, 2.24) is 20.5 Å². The van der Waals surface area contributed by atoms with Gasteiger partial charge < -0.3 is 10.1 Å². The molecule has 6 nitrogen and oxygen atoms in total. The highest BCUT2D eigenvalue weighted by molar-refractivity contribution is 7.99. The number of thioether (sulfide) groups is 1. The third-order valence-corrected chi connectivity index (χ3v) is 7.44. The van der Waals surface area contributed by atoms with Crippen LogP contribution in [0.1, 0.15) is 18.5 Å². The predicted molar refractivity (Wildman–Crippen MR) is 114 cm³/mol. The van der Waals surface area contributed by atoms with Crippen molar-refractivity contribution < 1.29 is 9.53 Å². The van der Waals surface area contributed by atoms with Gasteiger partial charge in [-0.3, -0.25) is 4.79 Å². The van der Waals surface area contributed by atoms with E-state index in [0.29, 0.717) is 12.3 Å². The second kappa shape index (κ2) is 9.13. The largest absolute Gasteiger partial charge is 0.376 e. The molecule has 1 saturated heterocycles. The molecular formula is C19H20N4O2S3. The lowest BCUT2D eigenvalue weighted by atomic mass is 10.2. The lowest BCUT2D eigenvalue weighted by Crippen LogP contribution is -2.32. The van der Waals surface area contributed by atoms with Crippen molar-refractivity contribution in [2.45, 2.75) is 30.9 Å². The number of carbonyl (C=O) groups excluding carboxylic acids is 1. The van der Waals surface area contributed by atoms with Gasteiger partial charge in [0, 0.05) is 13.2 Å². The molecule has 0 aromatic carbocycles. The molecule has 4 rings (SSSR count). The van der Waals surface area contributed by atoms with Gasteiger partial charge in [0.15, 0.2) is 0 Å². The van der Waals surface area contributed by atoms with E-state index in [1.165, 1.54) is 11.8 Å². The predicted octanol–water partition coefficient (Wildman–Crippen LogP) is 4.02. The molecule has 1 amide bonds. The summed E-state index contributed by atoms with van der Waals surface area (Å²) in [7, 11) is 0. The van der Waals surface area contributed by atoms with Crippen LogP contribution in [0.5, 0.6) is 0 Å². The van der Waals surface area contributed by atoms with Crippen LogP contribution in [0.2, 0.25) is 0 Å². The van der Waals surface area contributed by atoms with Crippen LogP contribution in [0.25, 0.3) is 20.5 Å². The zero-order valence-electron chi connectivity index (χ0n) is 15.4. The third-order valence-electron chi connectivity index (χ3n) is 4.30. The molecule has 146 valence electrons. The van der Waals surface area contributed by atoms with E-state index in [2.05, 4.69) is 31.9 Å². The summed E-state index contributed by atoms with van der Waals surface area (Å²) in [4.78, 5) is 18.8. The van der Waals surface area contributed by atoms with Crippen LogP contribution in [-0.4, -0.2) is 46.1 Å². The molecule has 0 radical (unpaired) electrons. The van der Waals surface area contributed by atoms with Crippen molar-refractivity contribution in [2.75, 3.05) is 18.9 Å². The van der Waals surface area contributed by atoms with Gasteiger partial charge in [0.2, 0.25) is 5.91 Å². The minimum absolute atomic E-state index is 0.00901. The number of thiophene rings is 1. The second-order valence-electron chi connectivity index (χ2n) is 6.40. The van der Waals surface area contributed by atoms with Crippen molar-refractivity contribution in [1.29, 1.82) is 0 Å². The van der Waals surface area contributed by atoms with Gasteiger partial charge >= 0.3 is 0 Å². The van der Waals surface area contributed by atoms with Gasteiger partial charge in [-0.25, -0.2) is 4.98 Å². The van der Waals surface area contributed by atoms with Crippen molar-refractivity contribution in [3.8, 4) is 20.5 Å². The fraction of sp³-hybridized carbons (Fsp3) is 0.368. The summed E-state index contributed by atoms with van der Waals surface area (Å²) in [6.07, 6.45) is 2.26. The molecule has 1 aliphatic heterocycles. The first kappa shape index (κ1) is 19.5. The van der Waals surface area contributed by atoms with E-state index in [4.69, 9.17) is 4.74 Å². The highest BCUT2D eigenvalue weighted by Crippen LogP contribution is 2.36. The number of aromatic nitrogens is 3. The molecule has 0 saturated carbocycles. The molecule has 0 spiro atoms. The van der Waals surface area contributed by atoms with Gasteiger partial charge in [-0.2, -0.15) is 0 Å². The summed E-state index contributed by atoms with van der Waals surface area (Å²) in [5.74, 6) is 0.313. The fourth-order valence-corrected chi connectivity index (χ4v) is 5.35. The maximum atomic E-state index is 12.0. The molecule has 3 aromatic heterocycles. The molecule has 1 atom stereocenters. The summed E-state index contributed by atoms with van der Waals surface area (Å²) in [5.41, 5.74) is 1.77. The van der Waals surface area contributed by atoms with Crippen LogP contribution < -0.4 is 5.32 Å². The van der Waals surface area contributed by atoms with Crippen LogP contribution in [0.3, 0.4) is 0 Å². The number of amides is 1. The summed E-state index contributed by atoms with van der Waals surface area (Å²) < 4.78 is 5.51. The molecule has 0 aliphatic carbocycles. The van der Waals surface area contributed by atoms with E-state index >= 15 is 0 Å². The van der Waals surface area contributed by atoms with Crippen LogP contribution >= 0.6 is 34.4 Å². The first-order chi connectivity index (χ1) is 13.7. The first-order valence-corrected chi connectivity index (χ1v) is 11.7. The highest BCUT2D eigenvalue weighted by atomic mass is 32.2. The van der Waals surface area contributed by atoms with Crippen LogP contribution in [0.4, 0.5) is 0 Å². The monoisotopic (exact) mass is 432 g/mol. The quantitative estimate of drug-likeness (QED) is 0.568. The fourth-order valence-electron chi connectivity index (χ4n) is 2.88. The molecule has 9 heteroatoms. The molecule has 0 unspecified atom stereocenters. The maximum Gasteiger partial charge on any atom is 0.230 e. The number of ether oxygens (including phenoxy) is 1.